The first-order chi connectivity index (χ1) is 16.0. The zero-order valence-electron chi connectivity index (χ0n) is 21.0. The highest BCUT2D eigenvalue weighted by Gasteiger charge is 2.32. The lowest BCUT2D eigenvalue weighted by Gasteiger charge is -2.33. The highest BCUT2D eigenvalue weighted by Crippen LogP contribution is 2.25. The van der Waals surface area contributed by atoms with Gasteiger partial charge in [-0.15, -0.1) is 0 Å². The second kappa shape index (κ2) is 12.0. The van der Waals surface area contributed by atoms with Crippen molar-refractivity contribution in [2.45, 2.75) is 66.1 Å². The van der Waals surface area contributed by atoms with Crippen molar-refractivity contribution in [3.63, 3.8) is 0 Å². The number of aryl methyl sites for hydroxylation is 2. The van der Waals surface area contributed by atoms with E-state index in [2.05, 4.69) is 5.32 Å². The first-order valence-electron chi connectivity index (χ1n) is 11.7. The van der Waals surface area contributed by atoms with E-state index in [1.165, 1.54) is 4.90 Å². The molecular formula is C26H37N3O4S. The van der Waals surface area contributed by atoms with Gasteiger partial charge in [0.05, 0.1) is 11.9 Å². The summed E-state index contributed by atoms with van der Waals surface area (Å²) in [5, 5.41) is 2.97. The number of amides is 2. The van der Waals surface area contributed by atoms with Gasteiger partial charge in [-0.05, 0) is 56.4 Å². The van der Waals surface area contributed by atoms with E-state index in [1.54, 1.807) is 6.07 Å². The van der Waals surface area contributed by atoms with E-state index in [0.717, 1.165) is 33.7 Å². The van der Waals surface area contributed by atoms with Crippen LogP contribution in [0.25, 0.3) is 0 Å². The molecule has 7 nitrogen and oxygen atoms in total. The third-order valence-corrected chi connectivity index (χ3v) is 7.02. The Balaban J connectivity index is 2.45. The molecule has 0 aliphatic carbocycles. The summed E-state index contributed by atoms with van der Waals surface area (Å²) < 4.78 is 26.6. The smallest absolute Gasteiger partial charge is 0.244 e. The molecule has 186 valence electrons. The fourth-order valence-corrected chi connectivity index (χ4v) is 4.62. The predicted octanol–water partition coefficient (Wildman–Crippen LogP) is 3.79. The second-order valence-electron chi connectivity index (χ2n) is 8.81. The predicted molar refractivity (Wildman–Crippen MR) is 137 cm³/mol. The van der Waals surface area contributed by atoms with Crippen molar-refractivity contribution < 1.29 is 18.0 Å². The third kappa shape index (κ3) is 7.32. The zero-order valence-corrected chi connectivity index (χ0v) is 21.9. The molecular weight excluding hydrogens is 450 g/mol. The van der Waals surface area contributed by atoms with Gasteiger partial charge < -0.3 is 10.2 Å². The molecule has 0 spiro atoms. The lowest BCUT2D eigenvalue weighted by molar-refractivity contribution is -0.140. The number of nitrogens with one attached hydrogen (secondary N) is 1. The summed E-state index contributed by atoms with van der Waals surface area (Å²) in [5.74, 6) is -0.667. The van der Waals surface area contributed by atoms with Crippen LogP contribution < -0.4 is 9.62 Å². The lowest BCUT2D eigenvalue weighted by atomic mass is 10.1. The third-order valence-electron chi connectivity index (χ3n) is 5.90. The quantitative estimate of drug-likeness (QED) is 0.522. The van der Waals surface area contributed by atoms with Crippen molar-refractivity contribution in [3.05, 3.63) is 65.2 Å². The van der Waals surface area contributed by atoms with Gasteiger partial charge in [-0.1, -0.05) is 56.3 Å². The van der Waals surface area contributed by atoms with Crippen LogP contribution in [0.1, 0.15) is 50.3 Å². The number of hydrogen-bond donors (Lipinski definition) is 1. The summed E-state index contributed by atoms with van der Waals surface area (Å²) in [4.78, 5) is 28.3. The average Bonchev–Trinajstić information content (AvgIpc) is 2.78. The number of nitrogens with zero attached hydrogens (tertiary/aromatic N) is 2. The summed E-state index contributed by atoms with van der Waals surface area (Å²) in [7, 11) is -3.75. The highest BCUT2D eigenvalue weighted by atomic mass is 32.2. The summed E-state index contributed by atoms with van der Waals surface area (Å²) in [5.41, 5.74) is 2.97. The Labute approximate surface area is 204 Å². The normalized spacial score (nSPS) is 13.1. The number of carbonyl (C=O) groups is 2. The molecule has 0 heterocycles. The van der Waals surface area contributed by atoms with Crippen molar-refractivity contribution in [1.82, 2.24) is 10.2 Å². The molecule has 0 saturated heterocycles. The maximum absolute atomic E-state index is 13.7. The van der Waals surface area contributed by atoms with Crippen LogP contribution in [0.2, 0.25) is 0 Å². The van der Waals surface area contributed by atoms with Crippen LogP contribution in [0.5, 0.6) is 0 Å². The number of hydrogen-bond acceptors (Lipinski definition) is 4. The van der Waals surface area contributed by atoms with Gasteiger partial charge in [-0.25, -0.2) is 8.42 Å². The van der Waals surface area contributed by atoms with Crippen molar-refractivity contribution >= 4 is 27.5 Å². The molecule has 0 aliphatic rings. The zero-order chi connectivity index (χ0) is 25.5. The number of carbonyl (C=O) groups excluding carboxylic acids is 2. The van der Waals surface area contributed by atoms with Crippen LogP contribution in [0.3, 0.4) is 0 Å². The van der Waals surface area contributed by atoms with Gasteiger partial charge in [0, 0.05) is 12.6 Å². The monoisotopic (exact) mass is 487 g/mol. The van der Waals surface area contributed by atoms with Gasteiger partial charge in [-0.3, -0.25) is 13.9 Å². The Hall–Kier alpha value is -2.87. The molecule has 2 amide bonds. The number of sulfonamides is 1. The van der Waals surface area contributed by atoms with Gasteiger partial charge in [-0.2, -0.15) is 0 Å². The molecule has 34 heavy (non-hydrogen) atoms. The van der Waals surface area contributed by atoms with Crippen LogP contribution >= 0.6 is 0 Å². The molecule has 8 heteroatoms. The molecule has 0 saturated carbocycles. The SMILES string of the molecule is CC[C@H](C(=O)N[C@@H](C)CC)N(Cc1ccccc1)C(=O)CN(c1cc(C)ccc1C)S(C)(=O)=O. The van der Waals surface area contributed by atoms with Gasteiger partial charge in [0.15, 0.2) is 0 Å². The number of rotatable bonds is 11. The van der Waals surface area contributed by atoms with Crippen molar-refractivity contribution in [3.8, 4) is 0 Å². The van der Waals surface area contributed by atoms with E-state index in [1.807, 2.05) is 77.1 Å². The molecule has 0 aromatic heterocycles. The topological polar surface area (TPSA) is 86.8 Å². The van der Waals surface area contributed by atoms with Gasteiger partial charge in [0.2, 0.25) is 21.8 Å². The molecule has 2 aromatic rings. The van der Waals surface area contributed by atoms with Crippen LogP contribution in [0.4, 0.5) is 5.69 Å². The molecule has 0 aliphatic heterocycles. The molecule has 0 radical (unpaired) electrons. The van der Waals surface area contributed by atoms with E-state index in [0.29, 0.717) is 12.1 Å². The lowest BCUT2D eigenvalue weighted by Crippen LogP contribution is -2.53. The highest BCUT2D eigenvalue weighted by molar-refractivity contribution is 7.92. The fourth-order valence-electron chi connectivity index (χ4n) is 3.72. The number of anilines is 1. The Morgan fingerprint density at radius 1 is 1.00 bits per heavy atom. The van der Waals surface area contributed by atoms with E-state index >= 15 is 0 Å². The van der Waals surface area contributed by atoms with Crippen LogP contribution in [-0.2, 0) is 26.2 Å². The summed E-state index contributed by atoms with van der Waals surface area (Å²) in [6, 6.07) is 14.1. The van der Waals surface area contributed by atoms with E-state index in [4.69, 9.17) is 0 Å². The first kappa shape index (κ1) is 27.4. The van der Waals surface area contributed by atoms with Crippen LogP contribution in [-0.4, -0.2) is 50.0 Å². The minimum atomic E-state index is -3.75. The van der Waals surface area contributed by atoms with Crippen molar-refractivity contribution in [2.24, 2.45) is 0 Å². The summed E-state index contributed by atoms with van der Waals surface area (Å²) in [6.45, 7) is 9.25. The molecule has 1 N–H and O–H groups in total. The standard InChI is InChI=1S/C26H37N3O4S/c1-7-21(5)27-26(31)23(8-2)28(17-22-12-10-9-11-13-22)25(30)18-29(34(6,32)33)24-16-19(3)14-15-20(24)4/h9-16,21,23H,7-8,17-18H2,1-6H3,(H,27,31)/t21-,23+/m0/s1. The fraction of sp³-hybridized carbons (Fsp3) is 0.462. The van der Waals surface area contributed by atoms with Gasteiger partial charge >= 0.3 is 0 Å². The Kier molecular flexibility index (Phi) is 9.67. The Morgan fingerprint density at radius 3 is 2.21 bits per heavy atom. The van der Waals surface area contributed by atoms with E-state index in [-0.39, 0.29) is 25.0 Å². The maximum Gasteiger partial charge on any atom is 0.244 e. The summed E-state index contributed by atoms with van der Waals surface area (Å²) in [6.07, 6.45) is 2.27. The molecule has 0 unspecified atom stereocenters. The second-order valence-corrected chi connectivity index (χ2v) is 10.7. The van der Waals surface area contributed by atoms with E-state index in [9.17, 15) is 18.0 Å². The minimum absolute atomic E-state index is 0.0299. The van der Waals surface area contributed by atoms with Crippen molar-refractivity contribution in [2.75, 3.05) is 17.1 Å². The number of benzene rings is 2. The van der Waals surface area contributed by atoms with E-state index < -0.39 is 22.0 Å². The molecule has 2 atom stereocenters. The van der Waals surface area contributed by atoms with Gasteiger partial charge in [0.25, 0.3) is 0 Å². The van der Waals surface area contributed by atoms with Crippen molar-refractivity contribution in [1.29, 1.82) is 0 Å². The minimum Gasteiger partial charge on any atom is -0.352 e. The van der Waals surface area contributed by atoms with Gasteiger partial charge in [0.1, 0.15) is 12.6 Å². The molecule has 0 bridgehead atoms. The average molecular weight is 488 g/mol. The largest absolute Gasteiger partial charge is 0.352 e. The molecule has 2 aromatic carbocycles. The maximum atomic E-state index is 13.7. The first-order valence-corrected chi connectivity index (χ1v) is 13.5. The summed E-state index contributed by atoms with van der Waals surface area (Å²) >= 11 is 0. The van der Waals surface area contributed by atoms with Crippen LogP contribution in [0, 0.1) is 13.8 Å². The Bertz CT molecular complexity index is 1090. The molecule has 0 fully saturated rings. The molecule has 2 rings (SSSR count). The van der Waals surface area contributed by atoms with Crippen LogP contribution in [0.15, 0.2) is 48.5 Å². The Morgan fingerprint density at radius 2 is 1.65 bits per heavy atom.